The quantitative estimate of drug-likeness (QED) is 0.858. The Hall–Kier alpha value is -1.01. The predicted octanol–water partition coefficient (Wildman–Crippen LogP) is 3.36. The maximum Gasteiger partial charge on any atom is 0.321 e. The van der Waals surface area contributed by atoms with Crippen molar-refractivity contribution in [2.24, 2.45) is 0 Å². The van der Waals surface area contributed by atoms with Gasteiger partial charge >= 0.3 is 6.03 Å². The molecule has 0 saturated carbocycles. The van der Waals surface area contributed by atoms with Crippen LogP contribution < -0.4 is 5.32 Å². The van der Waals surface area contributed by atoms with Crippen LogP contribution in [0.3, 0.4) is 0 Å². The second-order valence-corrected chi connectivity index (χ2v) is 5.94. The first-order chi connectivity index (χ1) is 10.1. The third-order valence-corrected chi connectivity index (χ3v) is 4.45. The number of benzene rings is 1. The second-order valence-electron chi connectivity index (χ2n) is 5.12. The highest BCUT2D eigenvalue weighted by Crippen LogP contribution is 2.33. The average molecular weight is 331 g/mol. The van der Waals surface area contributed by atoms with Crippen LogP contribution in [-0.2, 0) is 9.47 Å². The van der Waals surface area contributed by atoms with Crippen molar-refractivity contribution in [3.63, 3.8) is 0 Å². The van der Waals surface area contributed by atoms with Gasteiger partial charge in [-0.05, 0) is 12.1 Å². The molecule has 0 unspecified atom stereocenters. The van der Waals surface area contributed by atoms with E-state index in [4.69, 9.17) is 32.7 Å². The van der Waals surface area contributed by atoms with Crippen molar-refractivity contribution in [3.05, 3.63) is 28.2 Å². The van der Waals surface area contributed by atoms with E-state index in [9.17, 15) is 4.79 Å². The molecule has 2 fully saturated rings. The Labute approximate surface area is 133 Å². The van der Waals surface area contributed by atoms with E-state index in [2.05, 4.69) is 5.32 Å². The van der Waals surface area contributed by atoms with Crippen LogP contribution in [0.1, 0.15) is 12.8 Å². The molecule has 0 aliphatic carbocycles. The smallest absolute Gasteiger partial charge is 0.321 e. The number of urea groups is 1. The molecule has 1 N–H and O–H groups in total. The van der Waals surface area contributed by atoms with Gasteiger partial charge in [-0.2, -0.15) is 0 Å². The fourth-order valence-corrected chi connectivity index (χ4v) is 3.13. The molecule has 1 spiro atoms. The van der Waals surface area contributed by atoms with Crippen molar-refractivity contribution in [1.82, 2.24) is 4.90 Å². The molecule has 0 aromatic heterocycles. The van der Waals surface area contributed by atoms with Crippen LogP contribution in [-0.4, -0.2) is 43.0 Å². The molecule has 0 radical (unpaired) electrons. The number of hydrogen-bond donors (Lipinski definition) is 1. The molecule has 7 heteroatoms. The van der Waals surface area contributed by atoms with Crippen LogP contribution in [0.15, 0.2) is 18.2 Å². The summed E-state index contributed by atoms with van der Waals surface area (Å²) >= 11 is 12.1. The summed E-state index contributed by atoms with van der Waals surface area (Å²) < 4.78 is 11.3. The van der Waals surface area contributed by atoms with Gasteiger partial charge in [0.2, 0.25) is 0 Å². The molecular formula is C14H16Cl2N2O3. The van der Waals surface area contributed by atoms with Gasteiger partial charge in [-0.25, -0.2) is 4.79 Å². The van der Waals surface area contributed by atoms with Gasteiger partial charge in [0, 0.05) is 25.9 Å². The van der Waals surface area contributed by atoms with E-state index in [1.54, 1.807) is 23.1 Å². The van der Waals surface area contributed by atoms with Crippen LogP contribution >= 0.6 is 23.2 Å². The minimum absolute atomic E-state index is 0.210. The van der Waals surface area contributed by atoms with E-state index >= 15 is 0 Å². The number of likely N-dealkylation sites (tertiary alicyclic amines) is 1. The maximum atomic E-state index is 12.3. The monoisotopic (exact) mass is 330 g/mol. The van der Waals surface area contributed by atoms with Crippen molar-refractivity contribution >= 4 is 34.9 Å². The minimum Gasteiger partial charge on any atom is -0.347 e. The van der Waals surface area contributed by atoms with Crippen molar-refractivity contribution < 1.29 is 14.3 Å². The van der Waals surface area contributed by atoms with Crippen molar-refractivity contribution in [1.29, 1.82) is 0 Å². The first kappa shape index (κ1) is 14.9. The number of carbonyl (C=O) groups is 1. The Balaban J connectivity index is 1.62. The zero-order chi connectivity index (χ0) is 14.9. The zero-order valence-corrected chi connectivity index (χ0v) is 12.9. The molecule has 5 nitrogen and oxygen atoms in total. The lowest BCUT2D eigenvalue weighted by Crippen LogP contribution is -2.48. The summed E-state index contributed by atoms with van der Waals surface area (Å²) in [6.45, 7) is 2.41. The van der Waals surface area contributed by atoms with Gasteiger partial charge < -0.3 is 19.7 Å². The van der Waals surface area contributed by atoms with Crippen LogP contribution in [0, 0.1) is 0 Å². The second kappa shape index (κ2) is 6.01. The highest BCUT2D eigenvalue weighted by atomic mass is 35.5. The molecule has 2 aliphatic rings. The lowest BCUT2D eigenvalue weighted by Gasteiger charge is -2.37. The standard InChI is InChI=1S/C14H16Cl2N2O3/c15-10-2-1-3-11(16)12(10)17-13(19)18-6-4-14(5-7-18)20-8-9-21-14/h1-3H,4-9H2,(H,17,19). The summed E-state index contributed by atoms with van der Waals surface area (Å²) in [5.41, 5.74) is 0.444. The highest BCUT2D eigenvalue weighted by Gasteiger charge is 2.40. The summed E-state index contributed by atoms with van der Waals surface area (Å²) in [5, 5.41) is 3.61. The number of nitrogens with one attached hydrogen (secondary N) is 1. The largest absolute Gasteiger partial charge is 0.347 e. The number of halogens is 2. The molecule has 2 aliphatic heterocycles. The summed E-state index contributed by atoms with van der Waals surface area (Å²) in [4.78, 5) is 14.0. The Bertz CT molecular complexity index is 517. The van der Waals surface area contributed by atoms with E-state index in [0.717, 1.165) is 0 Å². The molecule has 0 bridgehead atoms. The van der Waals surface area contributed by atoms with E-state index < -0.39 is 5.79 Å². The van der Waals surface area contributed by atoms with Gasteiger partial charge in [-0.1, -0.05) is 29.3 Å². The number of nitrogens with zero attached hydrogens (tertiary/aromatic N) is 1. The van der Waals surface area contributed by atoms with E-state index in [1.807, 2.05) is 0 Å². The third kappa shape index (κ3) is 3.11. The van der Waals surface area contributed by atoms with Crippen molar-refractivity contribution in [3.8, 4) is 0 Å². The Morgan fingerprint density at radius 1 is 1.14 bits per heavy atom. The number of rotatable bonds is 1. The fraction of sp³-hybridized carbons (Fsp3) is 0.500. The molecule has 1 aromatic rings. The molecule has 0 atom stereocenters. The van der Waals surface area contributed by atoms with Gasteiger partial charge in [-0.3, -0.25) is 0 Å². The van der Waals surface area contributed by atoms with Crippen LogP contribution in [0.5, 0.6) is 0 Å². The first-order valence-corrected chi connectivity index (χ1v) is 7.63. The third-order valence-electron chi connectivity index (χ3n) is 3.82. The van der Waals surface area contributed by atoms with Crippen LogP contribution in [0.4, 0.5) is 10.5 Å². The van der Waals surface area contributed by atoms with Crippen molar-refractivity contribution in [2.75, 3.05) is 31.6 Å². The number of anilines is 1. The molecule has 2 amide bonds. The van der Waals surface area contributed by atoms with E-state index in [-0.39, 0.29) is 6.03 Å². The van der Waals surface area contributed by atoms with E-state index in [1.165, 1.54) is 0 Å². The summed E-state index contributed by atoms with van der Waals surface area (Å²) in [6.07, 6.45) is 1.35. The van der Waals surface area contributed by atoms with Crippen LogP contribution in [0.2, 0.25) is 10.0 Å². The van der Waals surface area contributed by atoms with Gasteiger partial charge in [0.1, 0.15) is 0 Å². The molecule has 21 heavy (non-hydrogen) atoms. The molecule has 2 saturated heterocycles. The number of para-hydroxylation sites is 1. The number of piperidine rings is 1. The average Bonchev–Trinajstić information content (AvgIpc) is 2.92. The summed E-state index contributed by atoms with van der Waals surface area (Å²) in [7, 11) is 0. The Kier molecular flexibility index (Phi) is 4.26. The van der Waals surface area contributed by atoms with Gasteiger partial charge in [0.15, 0.2) is 5.79 Å². The normalized spacial score (nSPS) is 20.8. The Morgan fingerprint density at radius 3 is 2.29 bits per heavy atom. The SMILES string of the molecule is O=C(Nc1c(Cl)cccc1Cl)N1CCC2(CC1)OCCO2. The van der Waals surface area contributed by atoms with Crippen LogP contribution in [0.25, 0.3) is 0 Å². The van der Waals surface area contributed by atoms with Crippen molar-refractivity contribution in [2.45, 2.75) is 18.6 Å². The lowest BCUT2D eigenvalue weighted by molar-refractivity contribution is -0.181. The lowest BCUT2D eigenvalue weighted by atomic mass is 10.0. The Morgan fingerprint density at radius 2 is 1.71 bits per heavy atom. The summed E-state index contributed by atoms with van der Waals surface area (Å²) in [5.74, 6) is -0.487. The van der Waals surface area contributed by atoms with Gasteiger partial charge in [-0.15, -0.1) is 0 Å². The number of ether oxygens (including phenoxy) is 2. The van der Waals surface area contributed by atoms with Gasteiger partial charge in [0.05, 0.1) is 28.9 Å². The number of amides is 2. The molecule has 114 valence electrons. The first-order valence-electron chi connectivity index (χ1n) is 6.87. The number of carbonyl (C=O) groups excluding carboxylic acids is 1. The minimum atomic E-state index is -0.487. The molecular weight excluding hydrogens is 315 g/mol. The molecule has 1 aromatic carbocycles. The zero-order valence-electron chi connectivity index (χ0n) is 11.4. The maximum absolute atomic E-state index is 12.3. The van der Waals surface area contributed by atoms with E-state index in [0.29, 0.717) is 54.9 Å². The molecule has 2 heterocycles. The molecule has 3 rings (SSSR count). The topological polar surface area (TPSA) is 50.8 Å². The number of hydrogen-bond acceptors (Lipinski definition) is 3. The summed E-state index contributed by atoms with van der Waals surface area (Å²) in [6, 6.07) is 4.90. The predicted molar refractivity (Wildman–Crippen MR) is 80.9 cm³/mol. The van der Waals surface area contributed by atoms with Gasteiger partial charge in [0.25, 0.3) is 0 Å². The highest BCUT2D eigenvalue weighted by molar-refractivity contribution is 6.39. The fourth-order valence-electron chi connectivity index (χ4n) is 2.64.